The van der Waals surface area contributed by atoms with Crippen molar-refractivity contribution in [2.75, 3.05) is 6.61 Å². The molecule has 0 bridgehead atoms. The highest BCUT2D eigenvalue weighted by atomic mass is 32.2. The summed E-state index contributed by atoms with van der Waals surface area (Å²) in [6.45, 7) is 2.14. The van der Waals surface area contributed by atoms with Gasteiger partial charge < -0.3 is 8.92 Å². The van der Waals surface area contributed by atoms with E-state index in [1.165, 1.54) is 0 Å². The average Bonchev–Trinajstić information content (AvgIpc) is 2.18. The fourth-order valence-electron chi connectivity index (χ4n) is 1.45. The number of hydrogen-bond acceptors (Lipinski definition) is 4. The molecule has 1 N–H and O–H groups in total. The summed E-state index contributed by atoms with van der Waals surface area (Å²) in [5.74, 6) is 0.110. The molecule has 1 aliphatic rings. The maximum Gasteiger partial charge on any atom is 0.357 e. The molecule has 15 heavy (non-hydrogen) atoms. The van der Waals surface area contributed by atoms with Crippen LogP contribution in [-0.4, -0.2) is 21.3 Å². The van der Waals surface area contributed by atoms with E-state index in [4.69, 9.17) is 9.29 Å². The van der Waals surface area contributed by atoms with Gasteiger partial charge in [-0.3, -0.25) is 9.35 Å². The molecule has 0 aromatic carbocycles. The first-order chi connectivity index (χ1) is 7.13. The van der Waals surface area contributed by atoms with Gasteiger partial charge in [-0.05, 0) is 25.8 Å². The summed E-state index contributed by atoms with van der Waals surface area (Å²) in [5, 5.41) is 0. The number of hydrogen-bond donors (Lipinski definition) is 1. The number of carbonyl (C=O) groups excluding carboxylic acids is 1. The van der Waals surface area contributed by atoms with Crippen LogP contribution in [0.15, 0.2) is 11.8 Å². The molecule has 86 valence electrons. The van der Waals surface area contributed by atoms with Crippen LogP contribution in [-0.2, 0) is 25.1 Å². The quantitative estimate of drug-likeness (QED) is 0.587. The van der Waals surface area contributed by atoms with E-state index in [0.717, 1.165) is 0 Å². The third-order valence-electron chi connectivity index (χ3n) is 2.17. The molecule has 1 aliphatic carbocycles. The van der Waals surface area contributed by atoms with Crippen molar-refractivity contribution in [3.8, 4) is 0 Å². The van der Waals surface area contributed by atoms with Gasteiger partial charge in [0.2, 0.25) is 0 Å². The van der Waals surface area contributed by atoms with Gasteiger partial charge in [-0.25, -0.2) is 0 Å². The van der Waals surface area contributed by atoms with E-state index in [-0.39, 0.29) is 11.9 Å². The van der Waals surface area contributed by atoms with Gasteiger partial charge in [0.05, 0.1) is 12.5 Å². The van der Waals surface area contributed by atoms with E-state index in [1.807, 2.05) is 0 Å². The van der Waals surface area contributed by atoms with Crippen LogP contribution < -0.4 is 0 Å². The summed E-state index contributed by atoms with van der Waals surface area (Å²) in [4.78, 5) is 11.3. The van der Waals surface area contributed by atoms with E-state index in [2.05, 4.69) is 4.18 Å². The van der Waals surface area contributed by atoms with E-state index < -0.39 is 11.4 Å². The lowest BCUT2D eigenvalue weighted by Crippen LogP contribution is -2.20. The summed E-state index contributed by atoms with van der Waals surface area (Å²) in [6.07, 6.45) is 3.27. The van der Waals surface area contributed by atoms with Gasteiger partial charge >= 0.3 is 17.3 Å². The van der Waals surface area contributed by atoms with Crippen molar-refractivity contribution in [1.82, 2.24) is 0 Å². The van der Waals surface area contributed by atoms with Gasteiger partial charge in [0.25, 0.3) is 0 Å². The summed E-state index contributed by atoms with van der Waals surface area (Å²) in [6, 6.07) is 0. The molecule has 0 aliphatic heterocycles. The van der Waals surface area contributed by atoms with Gasteiger partial charge in [-0.15, -0.1) is 0 Å². The zero-order valence-corrected chi connectivity index (χ0v) is 9.29. The van der Waals surface area contributed by atoms with Crippen molar-refractivity contribution < 1.29 is 22.5 Å². The molecule has 0 saturated heterocycles. The zero-order valence-electron chi connectivity index (χ0n) is 8.47. The molecule has 0 spiro atoms. The highest BCUT2D eigenvalue weighted by molar-refractivity contribution is 7.74. The second kappa shape index (κ2) is 5.87. The lowest BCUT2D eigenvalue weighted by Gasteiger charge is -2.19. The molecule has 0 aromatic heterocycles. The monoisotopic (exact) mass is 234 g/mol. The Morgan fingerprint density at radius 2 is 2.47 bits per heavy atom. The molecule has 6 heteroatoms. The molecular weight excluding hydrogens is 220 g/mol. The van der Waals surface area contributed by atoms with Crippen molar-refractivity contribution in [3.05, 3.63) is 11.8 Å². The molecular formula is C9H14O5S. The third-order valence-corrected chi connectivity index (χ3v) is 2.52. The third kappa shape index (κ3) is 4.01. The van der Waals surface area contributed by atoms with Gasteiger partial charge in [0.15, 0.2) is 0 Å². The van der Waals surface area contributed by atoms with E-state index in [0.29, 0.717) is 31.6 Å². The minimum Gasteiger partial charge on any atom is -0.466 e. The van der Waals surface area contributed by atoms with Crippen LogP contribution >= 0.6 is 0 Å². The molecule has 2 atom stereocenters. The number of rotatable bonds is 4. The highest BCUT2D eigenvalue weighted by Gasteiger charge is 2.23. The first-order valence-electron chi connectivity index (χ1n) is 4.78. The van der Waals surface area contributed by atoms with Crippen LogP contribution in [0.1, 0.15) is 26.2 Å². The van der Waals surface area contributed by atoms with Crippen LogP contribution in [0.2, 0.25) is 0 Å². The molecule has 0 aromatic rings. The number of allylic oxidation sites excluding steroid dienone is 2. The standard InChI is InChI=1S/C9H14O5S/c1-2-13-9(10)7-3-5-8(6-4-7)14-15(11)12/h5,7H,2-4,6H2,1H3,(H,11,12). The van der Waals surface area contributed by atoms with Gasteiger partial charge in [0, 0.05) is 6.42 Å². The zero-order chi connectivity index (χ0) is 11.3. The number of esters is 1. The number of carbonyl (C=O) groups is 1. The highest BCUT2D eigenvalue weighted by Crippen LogP contribution is 2.25. The topological polar surface area (TPSA) is 72.8 Å². The predicted molar refractivity (Wildman–Crippen MR) is 53.9 cm³/mol. The molecule has 0 saturated carbocycles. The molecule has 2 unspecified atom stereocenters. The van der Waals surface area contributed by atoms with Crippen LogP contribution in [0, 0.1) is 5.92 Å². The molecule has 1 rings (SSSR count). The first-order valence-corrected chi connectivity index (χ1v) is 5.81. The minimum absolute atomic E-state index is 0.149. The molecule has 5 nitrogen and oxygen atoms in total. The van der Waals surface area contributed by atoms with Crippen LogP contribution in [0.5, 0.6) is 0 Å². The summed E-state index contributed by atoms with van der Waals surface area (Å²) in [5.41, 5.74) is 0. The fraction of sp³-hybridized carbons (Fsp3) is 0.667. The summed E-state index contributed by atoms with van der Waals surface area (Å²) in [7, 11) is 0. The Morgan fingerprint density at radius 1 is 1.73 bits per heavy atom. The largest absolute Gasteiger partial charge is 0.466 e. The van der Waals surface area contributed by atoms with Gasteiger partial charge in [-0.2, -0.15) is 4.21 Å². The first kappa shape index (κ1) is 12.2. The minimum atomic E-state index is -2.27. The second-order valence-corrected chi connectivity index (χ2v) is 3.80. The lowest BCUT2D eigenvalue weighted by molar-refractivity contribution is -0.148. The fourth-order valence-corrected chi connectivity index (χ4v) is 1.79. The van der Waals surface area contributed by atoms with E-state index in [1.54, 1.807) is 13.0 Å². The van der Waals surface area contributed by atoms with E-state index >= 15 is 0 Å². The van der Waals surface area contributed by atoms with Gasteiger partial charge in [-0.1, -0.05) is 0 Å². The normalized spacial score (nSPS) is 22.8. The maximum atomic E-state index is 11.3. The molecule has 0 radical (unpaired) electrons. The Bertz CT molecular complexity index is 286. The smallest absolute Gasteiger partial charge is 0.357 e. The average molecular weight is 234 g/mol. The number of ether oxygens (including phenoxy) is 1. The van der Waals surface area contributed by atoms with E-state index in [9.17, 15) is 9.00 Å². The molecule has 0 amide bonds. The van der Waals surface area contributed by atoms with Crippen LogP contribution in [0.4, 0.5) is 0 Å². The van der Waals surface area contributed by atoms with Crippen molar-refractivity contribution in [2.45, 2.75) is 26.2 Å². The van der Waals surface area contributed by atoms with Crippen molar-refractivity contribution in [3.63, 3.8) is 0 Å². The predicted octanol–water partition coefficient (Wildman–Crippen LogP) is 1.39. The Balaban J connectivity index is 2.43. The van der Waals surface area contributed by atoms with Crippen molar-refractivity contribution in [1.29, 1.82) is 0 Å². The molecule has 0 heterocycles. The Kier molecular flexibility index (Phi) is 4.77. The Labute approximate surface area is 90.9 Å². The Hall–Kier alpha value is -0.880. The van der Waals surface area contributed by atoms with Crippen molar-refractivity contribution in [2.24, 2.45) is 5.92 Å². The van der Waals surface area contributed by atoms with Crippen LogP contribution in [0.3, 0.4) is 0 Å². The summed E-state index contributed by atoms with van der Waals surface area (Å²) >= 11 is -2.27. The SMILES string of the molecule is CCOC(=O)C1CC=C(OS(=O)O)CC1. The van der Waals surface area contributed by atoms with Crippen LogP contribution in [0.25, 0.3) is 0 Å². The second-order valence-electron chi connectivity index (χ2n) is 3.19. The Morgan fingerprint density at radius 3 is 2.93 bits per heavy atom. The van der Waals surface area contributed by atoms with Crippen molar-refractivity contribution >= 4 is 17.3 Å². The summed E-state index contributed by atoms with van der Waals surface area (Å²) < 4.78 is 28.3. The maximum absolute atomic E-state index is 11.3. The molecule has 0 fully saturated rings. The lowest BCUT2D eigenvalue weighted by atomic mass is 9.93. The van der Waals surface area contributed by atoms with Gasteiger partial charge in [0.1, 0.15) is 5.76 Å².